The highest BCUT2D eigenvalue weighted by Gasteiger charge is 2.30. The van der Waals surface area contributed by atoms with Crippen molar-refractivity contribution < 1.29 is 0 Å². The molecule has 0 aliphatic carbocycles. The maximum absolute atomic E-state index is 4.43. The first-order valence-corrected chi connectivity index (χ1v) is 7.56. The molecule has 4 rings (SSSR count). The van der Waals surface area contributed by atoms with Crippen molar-refractivity contribution in [2.75, 3.05) is 0 Å². The smallest absolute Gasteiger partial charge is 0.116 e. The van der Waals surface area contributed by atoms with E-state index in [1.807, 2.05) is 23.1 Å². The van der Waals surface area contributed by atoms with Crippen LogP contribution < -0.4 is 0 Å². The van der Waals surface area contributed by atoms with Crippen LogP contribution in [0, 0.1) is 0 Å². The fourth-order valence-electron chi connectivity index (χ4n) is 1.97. The summed E-state index contributed by atoms with van der Waals surface area (Å²) in [4.78, 5) is 5.85. The van der Waals surface area contributed by atoms with Gasteiger partial charge in [0.2, 0.25) is 0 Å². The van der Waals surface area contributed by atoms with Crippen molar-refractivity contribution >= 4 is 25.4 Å². The molecule has 0 aromatic carbocycles. The predicted molar refractivity (Wildman–Crippen MR) is 70.0 cm³/mol. The number of pyridine rings is 1. The highest BCUT2D eigenvalue weighted by atomic mass is 33.1. The largest absolute Gasteiger partial charge is 0.288 e. The minimum absolute atomic E-state index is 0.0926. The molecule has 4 heterocycles. The van der Waals surface area contributed by atoms with E-state index in [0.717, 1.165) is 0 Å². The highest BCUT2D eigenvalue weighted by Crippen LogP contribution is 2.54. The van der Waals surface area contributed by atoms with Gasteiger partial charge in [0, 0.05) is 22.8 Å². The second kappa shape index (κ2) is 3.12. The first-order valence-electron chi connectivity index (χ1n) is 5.04. The summed E-state index contributed by atoms with van der Waals surface area (Å²) >= 11 is 0. The third-order valence-electron chi connectivity index (χ3n) is 2.69. The molecule has 3 aliphatic rings. The number of aromatic nitrogens is 1. The molecule has 0 bridgehead atoms. The Kier molecular flexibility index (Phi) is 1.72. The Balaban J connectivity index is 1.91. The van der Waals surface area contributed by atoms with Gasteiger partial charge in [-0.15, -0.1) is 0 Å². The fraction of sp³-hybridized carbons (Fsp3) is 0. The van der Waals surface area contributed by atoms with Gasteiger partial charge in [0.05, 0.1) is 5.70 Å². The lowest BCUT2D eigenvalue weighted by Crippen LogP contribution is -2.04. The SMILES string of the molecule is C1=CC2=CC3=S(Sc4ncccc43)N2C=C1. The lowest BCUT2D eigenvalue weighted by Gasteiger charge is -2.20. The number of fused-ring (bicyclic) bond motifs is 4. The molecule has 0 amide bonds. The van der Waals surface area contributed by atoms with Gasteiger partial charge in [0.1, 0.15) is 5.03 Å². The Morgan fingerprint density at radius 3 is 3.31 bits per heavy atom. The average Bonchev–Trinajstić information content (AvgIpc) is 2.85. The Morgan fingerprint density at radius 1 is 1.31 bits per heavy atom. The molecule has 1 aromatic rings. The fourth-order valence-corrected chi connectivity index (χ4v) is 6.18. The van der Waals surface area contributed by atoms with E-state index in [4.69, 9.17) is 0 Å². The van der Waals surface area contributed by atoms with Crippen LogP contribution in [0.4, 0.5) is 0 Å². The van der Waals surface area contributed by atoms with Gasteiger partial charge in [0.25, 0.3) is 0 Å². The highest BCUT2D eigenvalue weighted by molar-refractivity contribution is 8.83. The molecule has 0 saturated carbocycles. The molecule has 78 valence electrons. The first-order chi connectivity index (χ1) is 7.93. The van der Waals surface area contributed by atoms with Crippen molar-refractivity contribution in [1.82, 2.24) is 9.29 Å². The molecule has 0 spiro atoms. The second-order valence-corrected chi connectivity index (χ2v) is 6.98. The Morgan fingerprint density at radius 2 is 2.31 bits per heavy atom. The normalized spacial score (nSPS) is 24.2. The number of hydrogen-bond donors (Lipinski definition) is 0. The zero-order chi connectivity index (χ0) is 10.5. The van der Waals surface area contributed by atoms with Crippen LogP contribution >= 0.6 is 20.5 Å². The van der Waals surface area contributed by atoms with Crippen LogP contribution in [0.15, 0.2) is 59.6 Å². The molecular weight excluding hydrogens is 236 g/mol. The number of nitrogens with zero attached hydrogens (tertiary/aromatic N) is 2. The summed E-state index contributed by atoms with van der Waals surface area (Å²) < 4.78 is 2.34. The quantitative estimate of drug-likeness (QED) is 0.515. The zero-order valence-corrected chi connectivity index (χ0v) is 9.96. The summed E-state index contributed by atoms with van der Waals surface area (Å²) in [5.41, 5.74) is 2.60. The molecule has 3 aliphatic heterocycles. The van der Waals surface area contributed by atoms with Crippen molar-refractivity contribution in [3.05, 3.63) is 60.1 Å². The molecule has 2 nitrogen and oxygen atoms in total. The van der Waals surface area contributed by atoms with E-state index in [9.17, 15) is 0 Å². The van der Waals surface area contributed by atoms with E-state index < -0.39 is 0 Å². The van der Waals surface area contributed by atoms with Gasteiger partial charge in [-0.2, -0.15) is 0 Å². The van der Waals surface area contributed by atoms with Crippen molar-refractivity contribution in [3.8, 4) is 0 Å². The van der Waals surface area contributed by atoms with Crippen molar-refractivity contribution in [2.24, 2.45) is 0 Å². The summed E-state index contributed by atoms with van der Waals surface area (Å²) in [5, 5.41) is 1.17. The maximum Gasteiger partial charge on any atom is 0.116 e. The van der Waals surface area contributed by atoms with Crippen LogP contribution in [0.25, 0.3) is 0 Å². The van der Waals surface area contributed by atoms with Crippen molar-refractivity contribution in [2.45, 2.75) is 5.03 Å². The molecule has 4 heteroatoms. The van der Waals surface area contributed by atoms with E-state index in [1.54, 1.807) is 0 Å². The number of hydrogen-bond acceptors (Lipinski definition) is 3. The van der Waals surface area contributed by atoms with Gasteiger partial charge in [-0.3, -0.25) is 4.31 Å². The van der Waals surface area contributed by atoms with E-state index in [-0.39, 0.29) is 9.70 Å². The maximum atomic E-state index is 4.43. The first kappa shape index (κ1) is 8.84. The van der Waals surface area contributed by atoms with Gasteiger partial charge < -0.3 is 0 Å². The van der Waals surface area contributed by atoms with Gasteiger partial charge in [-0.25, -0.2) is 4.98 Å². The van der Waals surface area contributed by atoms with Gasteiger partial charge >= 0.3 is 0 Å². The Hall–Kier alpha value is -1.26. The molecule has 0 N–H and O–H groups in total. The van der Waals surface area contributed by atoms with E-state index in [2.05, 4.69) is 45.9 Å². The summed E-state index contributed by atoms with van der Waals surface area (Å²) in [7, 11) is 1.95. The molecule has 1 aromatic heterocycles. The monoisotopic (exact) mass is 244 g/mol. The van der Waals surface area contributed by atoms with Crippen molar-refractivity contribution in [3.63, 3.8) is 0 Å². The van der Waals surface area contributed by atoms with Crippen LogP contribution in [0.5, 0.6) is 0 Å². The molecule has 0 fully saturated rings. The minimum atomic E-state index is 0.0926. The number of rotatable bonds is 0. The second-order valence-electron chi connectivity index (χ2n) is 3.65. The Labute approximate surface area is 99.8 Å². The molecular formula is C12H8N2S2. The van der Waals surface area contributed by atoms with E-state index in [0.29, 0.717) is 0 Å². The summed E-state index contributed by atoms with van der Waals surface area (Å²) in [6, 6.07) is 4.18. The molecule has 1 atom stereocenters. The minimum Gasteiger partial charge on any atom is -0.288 e. The number of allylic oxidation sites excluding steroid dienone is 4. The van der Waals surface area contributed by atoms with Gasteiger partial charge in [0.15, 0.2) is 0 Å². The average molecular weight is 244 g/mol. The molecule has 0 saturated heterocycles. The van der Waals surface area contributed by atoms with Crippen LogP contribution in [0.3, 0.4) is 0 Å². The predicted octanol–water partition coefficient (Wildman–Crippen LogP) is 3.09. The van der Waals surface area contributed by atoms with Gasteiger partial charge in [-0.05, 0) is 50.9 Å². The standard InChI is InChI=1S/C12H8N2S2/c1-2-7-14-9(4-1)8-11-10-5-3-6-13-12(10)15-16(11)14/h1-8H. The van der Waals surface area contributed by atoms with Crippen LogP contribution in [-0.2, 0) is 0 Å². The topological polar surface area (TPSA) is 16.1 Å². The third kappa shape index (κ3) is 1.06. The van der Waals surface area contributed by atoms with Crippen LogP contribution in [-0.4, -0.2) is 14.2 Å². The lowest BCUT2D eigenvalue weighted by atomic mass is 10.1. The lowest BCUT2D eigenvalue weighted by molar-refractivity contribution is 0.804. The summed E-state index contributed by atoms with van der Waals surface area (Å²) in [5.74, 6) is 0. The summed E-state index contributed by atoms with van der Waals surface area (Å²) in [6.45, 7) is 0. The van der Waals surface area contributed by atoms with Crippen molar-refractivity contribution in [1.29, 1.82) is 0 Å². The third-order valence-corrected chi connectivity index (χ3v) is 6.71. The van der Waals surface area contributed by atoms with Gasteiger partial charge in [-0.1, -0.05) is 6.08 Å². The van der Waals surface area contributed by atoms with Crippen LogP contribution in [0.2, 0.25) is 0 Å². The van der Waals surface area contributed by atoms with Crippen LogP contribution in [0.1, 0.15) is 5.56 Å². The molecule has 1 unspecified atom stereocenters. The summed E-state index contributed by atoms with van der Waals surface area (Å²) in [6.07, 6.45) is 12.6. The van der Waals surface area contributed by atoms with E-state index in [1.165, 1.54) is 21.2 Å². The zero-order valence-electron chi connectivity index (χ0n) is 8.33. The Bertz CT molecular complexity index is 611. The van der Waals surface area contributed by atoms with E-state index >= 15 is 0 Å². The molecule has 0 radical (unpaired) electrons. The molecule has 16 heavy (non-hydrogen) atoms.